The Balaban J connectivity index is 2.19. The summed E-state index contributed by atoms with van der Waals surface area (Å²) in [6.45, 7) is 3.73. The first-order valence-electron chi connectivity index (χ1n) is 30.4. The molecule has 9 nitrogen and oxygen atoms in total. The van der Waals surface area contributed by atoms with Gasteiger partial charge in [0.25, 0.3) is 0 Å². The zero-order valence-electron chi connectivity index (χ0n) is 47.3. The van der Waals surface area contributed by atoms with Crippen molar-refractivity contribution in [3.05, 3.63) is 97.2 Å². The second-order valence-electron chi connectivity index (χ2n) is 20.8. The molecule has 1 amide bonds. The van der Waals surface area contributed by atoms with Crippen molar-refractivity contribution >= 4 is 5.91 Å². The van der Waals surface area contributed by atoms with Crippen LogP contribution in [-0.2, 0) is 14.3 Å². The maximum Gasteiger partial charge on any atom is 0.220 e. The van der Waals surface area contributed by atoms with Gasteiger partial charge in [-0.25, -0.2) is 0 Å². The van der Waals surface area contributed by atoms with E-state index in [1.165, 1.54) is 122 Å². The van der Waals surface area contributed by atoms with Crippen LogP contribution in [0, 0.1) is 0 Å². The predicted molar refractivity (Wildman–Crippen MR) is 313 cm³/mol. The molecule has 1 aliphatic heterocycles. The molecule has 0 bridgehead atoms. The Labute approximate surface area is 453 Å². The van der Waals surface area contributed by atoms with Gasteiger partial charge in [0.05, 0.1) is 25.4 Å². The third kappa shape index (κ3) is 42.2. The van der Waals surface area contributed by atoms with E-state index in [1.807, 2.05) is 0 Å². The number of carbonyl (C=O) groups is 1. The normalized spacial score (nSPS) is 19.7. The van der Waals surface area contributed by atoms with E-state index in [-0.39, 0.29) is 12.5 Å². The summed E-state index contributed by atoms with van der Waals surface area (Å²) in [6, 6.07) is -0.731. The highest BCUT2D eigenvalue weighted by Crippen LogP contribution is 2.23. The number of hydrogen-bond acceptors (Lipinski definition) is 8. The first-order chi connectivity index (χ1) is 36.3. The van der Waals surface area contributed by atoms with E-state index in [4.69, 9.17) is 9.47 Å². The number of ether oxygens (including phenoxy) is 2. The molecule has 1 fully saturated rings. The summed E-state index contributed by atoms with van der Waals surface area (Å²) in [4.78, 5) is 13.1. The van der Waals surface area contributed by atoms with Crippen molar-refractivity contribution in [2.75, 3.05) is 13.2 Å². The van der Waals surface area contributed by atoms with Crippen molar-refractivity contribution in [1.29, 1.82) is 0 Å². The Bertz CT molecular complexity index is 1480. The van der Waals surface area contributed by atoms with E-state index in [2.05, 4.69) is 116 Å². The smallest absolute Gasteiger partial charge is 0.220 e. The molecule has 0 aromatic heterocycles. The summed E-state index contributed by atoms with van der Waals surface area (Å²) in [5.41, 5.74) is 0. The molecular formula is C65H113NO8. The van der Waals surface area contributed by atoms with E-state index >= 15 is 0 Å². The first kappa shape index (κ1) is 69.1. The molecule has 7 atom stereocenters. The third-order valence-corrected chi connectivity index (χ3v) is 14.0. The van der Waals surface area contributed by atoms with E-state index in [1.54, 1.807) is 0 Å². The molecule has 1 heterocycles. The molecule has 1 saturated heterocycles. The van der Waals surface area contributed by atoms with Crippen LogP contribution in [0.4, 0.5) is 0 Å². The Hall–Kier alpha value is -2.89. The Kier molecular flexibility index (Phi) is 50.0. The van der Waals surface area contributed by atoms with Crippen LogP contribution in [0.3, 0.4) is 0 Å². The van der Waals surface area contributed by atoms with Crippen LogP contribution in [0.1, 0.15) is 251 Å². The molecular weight excluding hydrogens is 923 g/mol. The highest BCUT2D eigenvalue weighted by atomic mass is 16.7. The van der Waals surface area contributed by atoms with E-state index in [0.717, 1.165) is 103 Å². The lowest BCUT2D eigenvalue weighted by Crippen LogP contribution is -2.60. The monoisotopic (exact) mass is 1040 g/mol. The molecule has 0 aliphatic carbocycles. The van der Waals surface area contributed by atoms with Crippen LogP contribution >= 0.6 is 0 Å². The molecule has 6 N–H and O–H groups in total. The van der Waals surface area contributed by atoms with Gasteiger partial charge in [-0.15, -0.1) is 0 Å². The molecule has 0 saturated carbocycles. The van der Waals surface area contributed by atoms with Crippen LogP contribution in [0.15, 0.2) is 97.2 Å². The lowest BCUT2D eigenvalue weighted by molar-refractivity contribution is -0.302. The highest BCUT2D eigenvalue weighted by molar-refractivity contribution is 5.76. The molecule has 0 spiro atoms. The number of nitrogens with one attached hydrogen (secondary N) is 1. The fourth-order valence-electron chi connectivity index (χ4n) is 9.18. The van der Waals surface area contributed by atoms with Gasteiger partial charge in [-0.2, -0.15) is 0 Å². The van der Waals surface area contributed by atoms with Gasteiger partial charge in [0.2, 0.25) is 5.91 Å². The Morgan fingerprint density at radius 3 is 1.24 bits per heavy atom. The second kappa shape index (κ2) is 53.5. The fraction of sp³-hybridized carbons (Fsp3) is 0.738. The number of hydrogen-bond donors (Lipinski definition) is 6. The summed E-state index contributed by atoms with van der Waals surface area (Å²) < 4.78 is 11.3. The minimum atomic E-state index is -1.56. The van der Waals surface area contributed by atoms with Crippen molar-refractivity contribution in [2.24, 2.45) is 0 Å². The molecule has 7 unspecified atom stereocenters. The largest absolute Gasteiger partial charge is 0.394 e. The van der Waals surface area contributed by atoms with Crippen LogP contribution in [-0.4, -0.2) is 87.5 Å². The second-order valence-corrected chi connectivity index (χ2v) is 20.8. The number of carbonyl (C=O) groups excluding carboxylic acids is 1. The highest BCUT2D eigenvalue weighted by Gasteiger charge is 2.44. The Morgan fingerprint density at radius 1 is 0.473 bits per heavy atom. The zero-order valence-corrected chi connectivity index (χ0v) is 47.3. The van der Waals surface area contributed by atoms with Gasteiger partial charge in [-0.3, -0.25) is 4.79 Å². The van der Waals surface area contributed by atoms with Gasteiger partial charge >= 0.3 is 0 Å². The minimum absolute atomic E-state index is 0.146. The standard InChI is InChI=1S/C65H113NO8/c1-3-5-7-9-11-13-15-17-19-21-23-24-25-26-27-28-29-30-31-32-33-34-35-36-37-39-41-43-45-47-49-51-53-55-61(69)66-58(57-73-65-64(72)63(71)62(70)60(56-67)74-65)59(68)54-52-50-48-46-44-42-40-38-22-20-18-16-14-12-10-8-6-4-2/h5,7,11,13,17,19,23-24,26-27,29-30,32-33,35-36,58-60,62-65,67-68,70-72H,3-4,6,8-10,12,14-16,18,20-22,25,28,31,34,37-57H2,1-2H3,(H,66,69)/b7-5-,13-11-,19-17-,24-23-,27-26-,30-29-,33-32-,36-35-. The fourth-order valence-corrected chi connectivity index (χ4v) is 9.18. The van der Waals surface area contributed by atoms with Crippen molar-refractivity contribution in [2.45, 2.75) is 294 Å². The summed E-state index contributed by atoms with van der Waals surface area (Å²) in [5, 5.41) is 54.7. The molecule has 1 aliphatic rings. The van der Waals surface area contributed by atoms with Gasteiger partial charge in [0.1, 0.15) is 24.4 Å². The van der Waals surface area contributed by atoms with Gasteiger partial charge in [0.15, 0.2) is 6.29 Å². The molecule has 1 rings (SSSR count). The lowest BCUT2D eigenvalue weighted by atomic mass is 9.99. The van der Waals surface area contributed by atoms with Crippen molar-refractivity contribution in [1.82, 2.24) is 5.32 Å². The number of aliphatic hydroxyl groups is 5. The number of amides is 1. The zero-order chi connectivity index (χ0) is 53.6. The molecule has 426 valence electrons. The molecule has 0 aromatic rings. The number of aliphatic hydroxyl groups excluding tert-OH is 5. The van der Waals surface area contributed by atoms with Crippen LogP contribution in [0.25, 0.3) is 0 Å². The quantitative estimate of drug-likeness (QED) is 0.0261. The maximum atomic E-state index is 13.1. The summed E-state index contributed by atoms with van der Waals surface area (Å²) in [5.74, 6) is -0.155. The van der Waals surface area contributed by atoms with Crippen LogP contribution < -0.4 is 5.32 Å². The summed E-state index contributed by atoms with van der Waals surface area (Å²) >= 11 is 0. The summed E-state index contributed by atoms with van der Waals surface area (Å²) in [7, 11) is 0. The van der Waals surface area contributed by atoms with E-state index in [0.29, 0.717) is 12.8 Å². The van der Waals surface area contributed by atoms with Crippen molar-refractivity contribution < 1.29 is 39.8 Å². The topological polar surface area (TPSA) is 149 Å². The van der Waals surface area contributed by atoms with E-state index in [9.17, 15) is 30.3 Å². The SMILES string of the molecule is CC/C=C\C/C=C\C/C=C\C/C=C\C/C=C\C/C=C\C/C=C\C/C=C\CCCCCCCCCCC(=O)NC(COC1OC(CO)C(O)C(O)C1O)C(O)CCCCCCCCCCCCCCCCCCCC. The van der Waals surface area contributed by atoms with E-state index < -0.39 is 49.5 Å². The van der Waals surface area contributed by atoms with Crippen LogP contribution in [0.5, 0.6) is 0 Å². The lowest BCUT2D eigenvalue weighted by Gasteiger charge is -2.40. The van der Waals surface area contributed by atoms with Gasteiger partial charge in [-0.05, 0) is 77.0 Å². The molecule has 0 radical (unpaired) electrons. The molecule has 9 heteroatoms. The minimum Gasteiger partial charge on any atom is -0.394 e. The number of unbranched alkanes of at least 4 members (excludes halogenated alkanes) is 25. The van der Waals surface area contributed by atoms with Gasteiger partial charge in [0, 0.05) is 6.42 Å². The number of rotatable bonds is 51. The molecule has 0 aromatic carbocycles. The Morgan fingerprint density at radius 2 is 0.838 bits per heavy atom. The third-order valence-electron chi connectivity index (χ3n) is 14.0. The average Bonchev–Trinajstić information content (AvgIpc) is 3.40. The average molecular weight is 1040 g/mol. The number of allylic oxidation sites excluding steroid dienone is 16. The van der Waals surface area contributed by atoms with Gasteiger partial charge < -0.3 is 40.3 Å². The van der Waals surface area contributed by atoms with Crippen molar-refractivity contribution in [3.63, 3.8) is 0 Å². The van der Waals surface area contributed by atoms with Crippen molar-refractivity contribution in [3.8, 4) is 0 Å². The maximum absolute atomic E-state index is 13.1. The van der Waals surface area contributed by atoms with Crippen LogP contribution in [0.2, 0.25) is 0 Å². The first-order valence-corrected chi connectivity index (χ1v) is 30.4. The summed E-state index contributed by atoms with van der Waals surface area (Å²) in [6.07, 6.45) is 70.0. The van der Waals surface area contributed by atoms with Gasteiger partial charge in [-0.1, -0.05) is 265 Å². The predicted octanol–water partition coefficient (Wildman–Crippen LogP) is 15.6. The molecule has 74 heavy (non-hydrogen) atoms.